The molecule has 5 nitrogen and oxygen atoms in total. The summed E-state index contributed by atoms with van der Waals surface area (Å²) in [6.07, 6.45) is 0.856. The van der Waals surface area contributed by atoms with Crippen molar-refractivity contribution >= 4 is 45.8 Å². The lowest BCUT2D eigenvalue weighted by atomic mass is 10.1. The normalized spacial score (nSPS) is 10.4. The van der Waals surface area contributed by atoms with E-state index in [1.807, 2.05) is 24.3 Å². The van der Waals surface area contributed by atoms with Crippen LogP contribution in [0.3, 0.4) is 0 Å². The van der Waals surface area contributed by atoms with Gasteiger partial charge in [-0.3, -0.25) is 4.79 Å². The molecule has 2 N–H and O–H groups in total. The van der Waals surface area contributed by atoms with Crippen molar-refractivity contribution in [3.05, 3.63) is 34.9 Å². The van der Waals surface area contributed by atoms with Gasteiger partial charge in [0.25, 0.3) is 0 Å². The summed E-state index contributed by atoms with van der Waals surface area (Å²) in [7, 11) is 0. The largest absolute Gasteiger partial charge is 0.481 e. The Morgan fingerprint density at radius 2 is 2.10 bits per heavy atom. The summed E-state index contributed by atoms with van der Waals surface area (Å²) in [5, 5.41) is 21.1. The molecule has 8 heteroatoms. The fraction of sp³-hybridized carbons (Fsp3) is 0.250. The summed E-state index contributed by atoms with van der Waals surface area (Å²) < 4.78 is 0.654. The summed E-state index contributed by atoms with van der Waals surface area (Å²) in [6, 6.07) is 7.70. The van der Waals surface area contributed by atoms with E-state index in [2.05, 4.69) is 15.5 Å². The van der Waals surface area contributed by atoms with Gasteiger partial charge in [-0.15, -0.1) is 10.2 Å². The van der Waals surface area contributed by atoms with Crippen LogP contribution in [0.5, 0.6) is 0 Å². The highest BCUT2D eigenvalue weighted by molar-refractivity contribution is 8.01. The average Bonchev–Trinajstić information content (AvgIpc) is 2.87. The van der Waals surface area contributed by atoms with E-state index in [1.165, 1.54) is 28.7 Å². The van der Waals surface area contributed by atoms with Crippen molar-refractivity contribution in [1.29, 1.82) is 0 Å². The minimum Gasteiger partial charge on any atom is -0.481 e. The van der Waals surface area contributed by atoms with Gasteiger partial charge in [-0.25, -0.2) is 0 Å². The lowest BCUT2D eigenvalue weighted by Gasteiger charge is -2.02. The number of nitrogens with zero attached hydrogens (tertiary/aromatic N) is 2. The number of carboxylic acids is 1. The molecule has 0 aliphatic rings. The number of rotatable bonds is 7. The smallest absolute Gasteiger partial charge is 0.313 e. The molecule has 0 aliphatic carbocycles. The second-order valence-corrected chi connectivity index (χ2v) is 6.50. The van der Waals surface area contributed by atoms with Gasteiger partial charge in [-0.1, -0.05) is 46.8 Å². The van der Waals surface area contributed by atoms with Crippen LogP contribution < -0.4 is 5.32 Å². The number of hydrogen-bond donors (Lipinski definition) is 2. The zero-order valence-electron chi connectivity index (χ0n) is 10.4. The van der Waals surface area contributed by atoms with Crippen LogP contribution in [0.1, 0.15) is 5.56 Å². The Hall–Kier alpha value is -1.31. The van der Waals surface area contributed by atoms with Gasteiger partial charge in [0.1, 0.15) is 0 Å². The van der Waals surface area contributed by atoms with Crippen LogP contribution in [0.15, 0.2) is 28.6 Å². The molecule has 0 unspecified atom stereocenters. The lowest BCUT2D eigenvalue weighted by molar-refractivity contribution is -0.133. The fourth-order valence-electron chi connectivity index (χ4n) is 1.43. The number of thioether (sulfide) groups is 1. The molecule has 0 saturated heterocycles. The molecule has 0 amide bonds. The van der Waals surface area contributed by atoms with Crippen molar-refractivity contribution < 1.29 is 9.90 Å². The molecule has 1 aromatic carbocycles. The molecule has 2 aromatic rings. The lowest BCUT2D eigenvalue weighted by Crippen LogP contribution is -2.04. The van der Waals surface area contributed by atoms with Crippen LogP contribution in [0.2, 0.25) is 5.02 Å². The van der Waals surface area contributed by atoms with Crippen molar-refractivity contribution in [3.8, 4) is 0 Å². The Kier molecular flexibility index (Phi) is 5.63. The van der Waals surface area contributed by atoms with Gasteiger partial charge < -0.3 is 10.4 Å². The number of halogens is 1. The van der Waals surface area contributed by atoms with E-state index >= 15 is 0 Å². The summed E-state index contributed by atoms with van der Waals surface area (Å²) in [5.41, 5.74) is 1.19. The Morgan fingerprint density at radius 3 is 2.80 bits per heavy atom. The maximum Gasteiger partial charge on any atom is 0.313 e. The van der Waals surface area contributed by atoms with Crippen LogP contribution in [-0.2, 0) is 11.2 Å². The van der Waals surface area contributed by atoms with E-state index in [-0.39, 0.29) is 5.75 Å². The Morgan fingerprint density at radius 1 is 1.35 bits per heavy atom. The molecule has 106 valence electrons. The number of aliphatic carboxylic acids is 1. The molecule has 20 heavy (non-hydrogen) atoms. The molecule has 0 atom stereocenters. The second kappa shape index (κ2) is 7.47. The number of aromatic nitrogens is 2. The van der Waals surface area contributed by atoms with E-state index < -0.39 is 5.97 Å². The number of hydrogen-bond acceptors (Lipinski definition) is 6. The molecule has 0 bridgehead atoms. The highest BCUT2D eigenvalue weighted by atomic mass is 35.5. The molecular weight excluding hydrogens is 318 g/mol. The molecule has 0 aliphatic heterocycles. The summed E-state index contributed by atoms with van der Waals surface area (Å²) in [4.78, 5) is 10.4. The Balaban J connectivity index is 1.76. The first-order valence-electron chi connectivity index (χ1n) is 5.80. The average molecular weight is 330 g/mol. The van der Waals surface area contributed by atoms with Crippen molar-refractivity contribution in [2.24, 2.45) is 0 Å². The standard InChI is InChI=1S/C12H12ClN3O2S2/c13-9-3-1-8(2-4-9)5-6-14-11-15-16-12(20-11)19-7-10(17)18/h1-4H,5-7H2,(H,14,15)(H,17,18). The van der Waals surface area contributed by atoms with Gasteiger partial charge in [0.05, 0.1) is 5.75 Å². The van der Waals surface area contributed by atoms with Gasteiger partial charge >= 0.3 is 5.97 Å². The summed E-state index contributed by atoms with van der Waals surface area (Å²) in [5.74, 6) is -0.859. The van der Waals surface area contributed by atoms with Gasteiger partial charge in [-0.2, -0.15) is 0 Å². The topological polar surface area (TPSA) is 75.1 Å². The minimum atomic E-state index is -0.859. The van der Waals surface area contributed by atoms with Crippen LogP contribution in [0.4, 0.5) is 5.13 Å². The van der Waals surface area contributed by atoms with E-state index in [0.717, 1.165) is 18.0 Å². The molecule has 1 aromatic heterocycles. The minimum absolute atomic E-state index is 0.000587. The van der Waals surface area contributed by atoms with Crippen LogP contribution in [0, 0.1) is 0 Å². The molecule has 1 heterocycles. The predicted molar refractivity (Wildman–Crippen MR) is 81.9 cm³/mol. The number of anilines is 1. The van der Waals surface area contributed by atoms with Crippen molar-refractivity contribution in [3.63, 3.8) is 0 Å². The van der Waals surface area contributed by atoms with Crippen LogP contribution in [-0.4, -0.2) is 33.6 Å². The molecule has 0 radical (unpaired) electrons. The number of benzene rings is 1. The maximum absolute atomic E-state index is 10.4. The molecule has 0 saturated carbocycles. The van der Waals surface area contributed by atoms with E-state index in [4.69, 9.17) is 16.7 Å². The van der Waals surface area contributed by atoms with Gasteiger partial charge in [-0.05, 0) is 24.1 Å². The summed E-state index contributed by atoms with van der Waals surface area (Å²) in [6.45, 7) is 0.736. The van der Waals surface area contributed by atoms with Gasteiger partial charge in [0.2, 0.25) is 5.13 Å². The fourth-order valence-corrected chi connectivity index (χ4v) is 3.05. The van der Waals surface area contributed by atoms with E-state index in [0.29, 0.717) is 9.47 Å². The number of carbonyl (C=O) groups is 1. The SMILES string of the molecule is O=C(O)CSc1nnc(NCCc2ccc(Cl)cc2)s1. The molecule has 0 fully saturated rings. The zero-order valence-corrected chi connectivity index (χ0v) is 12.8. The predicted octanol–water partition coefficient (Wildman–Crippen LogP) is 3.02. The Bertz CT molecular complexity index is 574. The molecular formula is C12H12ClN3O2S2. The summed E-state index contributed by atoms with van der Waals surface area (Å²) >= 11 is 8.35. The maximum atomic E-state index is 10.4. The van der Waals surface area contributed by atoms with E-state index in [1.54, 1.807) is 0 Å². The van der Waals surface area contributed by atoms with Gasteiger partial charge in [0.15, 0.2) is 4.34 Å². The first-order valence-corrected chi connectivity index (χ1v) is 7.98. The highest BCUT2D eigenvalue weighted by Gasteiger charge is 2.06. The number of nitrogens with one attached hydrogen (secondary N) is 1. The zero-order chi connectivity index (χ0) is 14.4. The number of carboxylic acid groups (broad SMARTS) is 1. The highest BCUT2D eigenvalue weighted by Crippen LogP contribution is 2.25. The van der Waals surface area contributed by atoms with Gasteiger partial charge in [0, 0.05) is 11.6 Å². The van der Waals surface area contributed by atoms with Crippen LogP contribution >= 0.6 is 34.7 Å². The van der Waals surface area contributed by atoms with Crippen molar-refractivity contribution in [1.82, 2.24) is 10.2 Å². The molecule has 2 rings (SSSR count). The first-order chi connectivity index (χ1) is 9.63. The first kappa shape index (κ1) is 15.1. The van der Waals surface area contributed by atoms with Crippen molar-refractivity contribution in [2.45, 2.75) is 10.8 Å². The van der Waals surface area contributed by atoms with Crippen LogP contribution in [0.25, 0.3) is 0 Å². The molecule has 0 spiro atoms. The second-order valence-electron chi connectivity index (χ2n) is 3.86. The monoisotopic (exact) mass is 329 g/mol. The third-order valence-corrected chi connectivity index (χ3v) is 4.58. The third-order valence-electron chi connectivity index (χ3n) is 2.33. The van der Waals surface area contributed by atoms with Crippen molar-refractivity contribution in [2.75, 3.05) is 17.6 Å². The van der Waals surface area contributed by atoms with E-state index in [9.17, 15) is 4.79 Å². The third kappa shape index (κ3) is 4.99. The Labute approximate surface area is 129 Å². The quantitative estimate of drug-likeness (QED) is 0.760.